The van der Waals surface area contributed by atoms with Crippen molar-refractivity contribution >= 4 is 17.5 Å². The number of rotatable bonds is 3. The number of hydrogen-bond donors (Lipinski definition) is 0. The fourth-order valence-corrected chi connectivity index (χ4v) is 2.86. The zero-order chi connectivity index (χ0) is 16.2. The Balaban J connectivity index is 1.72. The minimum Gasteiger partial charge on any atom is -0.465 e. The smallest absolute Gasteiger partial charge is 0.339 e. The third kappa shape index (κ3) is 3.28. The molecule has 2 heterocycles. The lowest BCUT2D eigenvalue weighted by Crippen LogP contribution is -2.47. The van der Waals surface area contributed by atoms with E-state index in [0.29, 0.717) is 5.56 Å². The standard InChI is InChI=1S/C18H21N3O2/c1-14-7-8-17(19-13-14)21-11-9-20(10-12-21)16-6-4-3-5-15(16)18(22)23-2/h3-8,13H,9-12H2,1-2H3. The van der Waals surface area contributed by atoms with E-state index in [1.807, 2.05) is 37.4 Å². The topological polar surface area (TPSA) is 45.7 Å². The normalized spacial score (nSPS) is 14.7. The first-order chi connectivity index (χ1) is 11.2. The van der Waals surface area contributed by atoms with E-state index in [4.69, 9.17) is 4.74 Å². The van der Waals surface area contributed by atoms with Gasteiger partial charge in [0.15, 0.2) is 0 Å². The number of aromatic nitrogens is 1. The summed E-state index contributed by atoms with van der Waals surface area (Å²) >= 11 is 0. The van der Waals surface area contributed by atoms with E-state index in [1.54, 1.807) is 0 Å². The van der Waals surface area contributed by atoms with Gasteiger partial charge in [0.05, 0.1) is 18.4 Å². The van der Waals surface area contributed by atoms with Crippen LogP contribution >= 0.6 is 0 Å². The Hall–Kier alpha value is -2.56. The molecule has 0 radical (unpaired) electrons. The Labute approximate surface area is 136 Å². The summed E-state index contributed by atoms with van der Waals surface area (Å²) in [6.45, 7) is 5.50. The van der Waals surface area contributed by atoms with Crippen molar-refractivity contribution < 1.29 is 9.53 Å². The van der Waals surface area contributed by atoms with Crippen molar-refractivity contribution in [2.75, 3.05) is 43.1 Å². The number of pyridine rings is 1. The van der Waals surface area contributed by atoms with Crippen LogP contribution in [-0.2, 0) is 4.74 Å². The summed E-state index contributed by atoms with van der Waals surface area (Å²) in [5.41, 5.74) is 2.73. The predicted octanol–water partition coefficient (Wildman–Crippen LogP) is 2.50. The summed E-state index contributed by atoms with van der Waals surface area (Å²) in [5, 5.41) is 0. The molecule has 0 unspecified atom stereocenters. The van der Waals surface area contributed by atoms with Gasteiger partial charge in [0.2, 0.25) is 0 Å². The van der Waals surface area contributed by atoms with Crippen LogP contribution in [0.25, 0.3) is 0 Å². The van der Waals surface area contributed by atoms with Crippen LogP contribution in [0.15, 0.2) is 42.6 Å². The Morgan fingerprint density at radius 2 is 1.74 bits per heavy atom. The van der Waals surface area contributed by atoms with Crippen LogP contribution in [0.3, 0.4) is 0 Å². The number of carbonyl (C=O) groups is 1. The molecule has 0 atom stereocenters. The lowest BCUT2D eigenvalue weighted by atomic mass is 10.1. The van der Waals surface area contributed by atoms with Crippen molar-refractivity contribution in [1.29, 1.82) is 0 Å². The van der Waals surface area contributed by atoms with Crippen LogP contribution in [0.4, 0.5) is 11.5 Å². The first-order valence-electron chi connectivity index (χ1n) is 7.79. The average molecular weight is 311 g/mol. The highest BCUT2D eigenvalue weighted by atomic mass is 16.5. The van der Waals surface area contributed by atoms with Gasteiger partial charge >= 0.3 is 5.97 Å². The summed E-state index contributed by atoms with van der Waals surface area (Å²) in [5.74, 6) is 0.722. The molecule has 0 N–H and O–H groups in total. The van der Waals surface area contributed by atoms with Crippen molar-refractivity contribution in [2.24, 2.45) is 0 Å². The molecule has 1 aromatic heterocycles. The van der Waals surface area contributed by atoms with Gasteiger partial charge in [-0.25, -0.2) is 9.78 Å². The Kier molecular flexibility index (Phi) is 4.46. The molecular formula is C18H21N3O2. The Bertz CT molecular complexity index is 677. The number of carbonyl (C=O) groups excluding carboxylic acids is 1. The van der Waals surface area contributed by atoms with Crippen molar-refractivity contribution in [3.05, 3.63) is 53.7 Å². The van der Waals surface area contributed by atoms with Crippen molar-refractivity contribution in [3.63, 3.8) is 0 Å². The van der Waals surface area contributed by atoms with Crippen LogP contribution in [-0.4, -0.2) is 44.2 Å². The van der Waals surface area contributed by atoms with Crippen molar-refractivity contribution in [3.8, 4) is 0 Å². The number of hydrogen-bond acceptors (Lipinski definition) is 5. The number of nitrogens with zero attached hydrogens (tertiary/aromatic N) is 3. The first kappa shape index (κ1) is 15.3. The molecule has 5 nitrogen and oxygen atoms in total. The van der Waals surface area contributed by atoms with E-state index in [9.17, 15) is 4.79 Å². The third-order valence-corrected chi connectivity index (χ3v) is 4.15. The molecule has 1 aromatic carbocycles. The van der Waals surface area contributed by atoms with E-state index in [2.05, 4.69) is 26.9 Å². The Morgan fingerprint density at radius 3 is 2.39 bits per heavy atom. The number of anilines is 2. The van der Waals surface area contributed by atoms with Gasteiger partial charge in [-0.3, -0.25) is 0 Å². The maximum atomic E-state index is 11.9. The molecule has 1 saturated heterocycles. The van der Waals surface area contributed by atoms with Crippen LogP contribution in [0.2, 0.25) is 0 Å². The molecule has 1 fully saturated rings. The highest BCUT2D eigenvalue weighted by molar-refractivity contribution is 5.95. The third-order valence-electron chi connectivity index (χ3n) is 4.15. The summed E-state index contributed by atoms with van der Waals surface area (Å²) in [6, 6.07) is 11.8. The van der Waals surface area contributed by atoms with Gasteiger partial charge in [0, 0.05) is 32.4 Å². The number of aryl methyl sites for hydroxylation is 1. The number of methoxy groups -OCH3 is 1. The SMILES string of the molecule is COC(=O)c1ccccc1N1CCN(c2ccc(C)cn2)CC1. The fourth-order valence-electron chi connectivity index (χ4n) is 2.86. The second-order valence-corrected chi connectivity index (χ2v) is 5.68. The highest BCUT2D eigenvalue weighted by Gasteiger charge is 2.22. The molecule has 0 bridgehead atoms. The molecule has 0 spiro atoms. The highest BCUT2D eigenvalue weighted by Crippen LogP contribution is 2.23. The molecular weight excluding hydrogens is 290 g/mol. The minimum atomic E-state index is -0.289. The summed E-state index contributed by atoms with van der Waals surface area (Å²) in [6.07, 6.45) is 1.90. The monoisotopic (exact) mass is 311 g/mol. The molecule has 5 heteroatoms. The van der Waals surface area contributed by atoms with Gasteiger partial charge in [-0.15, -0.1) is 0 Å². The van der Waals surface area contributed by atoms with Crippen molar-refractivity contribution in [2.45, 2.75) is 6.92 Å². The molecule has 0 amide bonds. The van der Waals surface area contributed by atoms with Gasteiger partial charge in [-0.1, -0.05) is 18.2 Å². The van der Waals surface area contributed by atoms with Crippen molar-refractivity contribution in [1.82, 2.24) is 4.98 Å². The second-order valence-electron chi connectivity index (χ2n) is 5.68. The average Bonchev–Trinajstić information content (AvgIpc) is 2.62. The molecule has 1 aliphatic heterocycles. The lowest BCUT2D eigenvalue weighted by molar-refractivity contribution is 0.0601. The van der Waals surface area contributed by atoms with Gasteiger partial charge < -0.3 is 14.5 Å². The number of benzene rings is 1. The zero-order valence-corrected chi connectivity index (χ0v) is 13.5. The van der Waals surface area contributed by atoms with Crippen LogP contribution in [0.5, 0.6) is 0 Å². The van der Waals surface area contributed by atoms with E-state index in [0.717, 1.165) is 37.7 Å². The predicted molar refractivity (Wildman–Crippen MR) is 91.2 cm³/mol. The van der Waals surface area contributed by atoms with E-state index >= 15 is 0 Å². The molecule has 23 heavy (non-hydrogen) atoms. The Morgan fingerprint density at radius 1 is 1.04 bits per heavy atom. The van der Waals surface area contributed by atoms with E-state index < -0.39 is 0 Å². The number of ether oxygens (including phenoxy) is 1. The van der Waals surface area contributed by atoms with Gasteiger partial charge in [0.1, 0.15) is 5.82 Å². The number of para-hydroxylation sites is 1. The maximum Gasteiger partial charge on any atom is 0.339 e. The molecule has 1 aliphatic rings. The van der Waals surface area contributed by atoms with Gasteiger partial charge in [0.25, 0.3) is 0 Å². The fraction of sp³-hybridized carbons (Fsp3) is 0.333. The van der Waals surface area contributed by atoms with Gasteiger partial charge in [-0.05, 0) is 30.7 Å². The summed E-state index contributed by atoms with van der Waals surface area (Å²) < 4.78 is 4.88. The zero-order valence-electron chi connectivity index (χ0n) is 13.5. The van der Waals surface area contributed by atoms with Crippen LogP contribution in [0, 0.1) is 6.92 Å². The minimum absolute atomic E-state index is 0.289. The number of piperazine rings is 1. The summed E-state index contributed by atoms with van der Waals surface area (Å²) in [4.78, 5) is 20.9. The van der Waals surface area contributed by atoms with Gasteiger partial charge in [-0.2, -0.15) is 0 Å². The first-order valence-corrected chi connectivity index (χ1v) is 7.79. The maximum absolute atomic E-state index is 11.9. The molecule has 2 aromatic rings. The molecule has 0 saturated carbocycles. The van der Waals surface area contributed by atoms with Crippen LogP contribution in [0.1, 0.15) is 15.9 Å². The molecule has 3 rings (SSSR count). The summed E-state index contributed by atoms with van der Waals surface area (Å²) in [7, 11) is 1.42. The molecule has 0 aliphatic carbocycles. The molecule has 120 valence electrons. The van der Waals surface area contributed by atoms with E-state index in [-0.39, 0.29) is 5.97 Å². The van der Waals surface area contributed by atoms with E-state index in [1.165, 1.54) is 12.7 Å². The number of esters is 1. The van der Waals surface area contributed by atoms with Crippen LogP contribution < -0.4 is 9.80 Å². The quantitative estimate of drug-likeness (QED) is 0.815. The lowest BCUT2D eigenvalue weighted by Gasteiger charge is -2.37. The second kappa shape index (κ2) is 6.69. The largest absolute Gasteiger partial charge is 0.465 e.